The van der Waals surface area contributed by atoms with Crippen LogP contribution in [0.5, 0.6) is 0 Å². The van der Waals surface area contributed by atoms with E-state index in [1.807, 2.05) is 17.9 Å². The molecule has 2 rings (SSSR count). The molecule has 5 heteroatoms. The molecule has 1 amide bonds. The van der Waals surface area contributed by atoms with Crippen LogP contribution >= 0.6 is 11.3 Å². The van der Waals surface area contributed by atoms with Gasteiger partial charge in [0.25, 0.3) is 5.91 Å². The normalized spacial score (nSPS) is 15.8. The van der Waals surface area contributed by atoms with E-state index in [4.69, 9.17) is 5.11 Å². The molecular weight excluding hydrogens is 272 g/mol. The first-order chi connectivity index (χ1) is 9.65. The van der Waals surface area contributed by atoms with E-state index in [-0.39, 0.29) is 12.5 Å². The number of carbonyl (C=O) groups excluding carboxylic acids is 1. The topological polar surface area (TPSA) is 43.8 Å². The molecule has 20 heavy (non-hydrogen) atoms. The zero-order chi connectivity index (χ0) is 14.5. The SMILES string of the molecule is CCN1CCN(C(=O)c2cc(C)c(C#CCO)s2)CC1. The molecule has 1 aromatic heterocycles. The van der Waals surface area contributed by atoms with Crippen LogP contribution < -0.4 is 0 Å². The Morgan fingerprint density at radius 1 is 1.40 bits per heavy atom. The van der Waals surface area contributed by atoms with Crippen LogP contribution in [-0.4, -0.2) is 60.1 Å². The van der Waals surface area contributed by atoms with Crippen LogP contribution in [0.25, 0.3) is 0 Å². The Morgan fingerprint density at radius 2 is 2.10 bits per heavy atom. The quantitative estimate of drug-likeness (QED) is 0.833. The molecule has 0 saturated carbocycles. The fourth-order valence-electron chi connectivity index (χ4n) is 2.25. The van der Waals surface area contributed by atoms with Crippen molar-refractivity contribution >= 4 is 17.2 Å². The number of aliphatic hydroxyl groups is 1. The van der Waals surface area contributed by atoms with Crippen LogP contribution in [0.2, 0.25) is 0 Å². The van der Waals surface area contributed by atoms with Crippen LogP contribution in [-0.2, 0) is 0 Å². The molecule has 0 bridgehead atoms. The van der Waals surface area contributed by atoms with Gasteiger partial charge in [0, 0.05) is 26.2 Å². The highest BCUT2D eigenvalue weighted by molar-refractivity contribution is 7.14. The van der Waals surface area contributed by atoms with Gasteiger partial charge in [-0.1, -0.05) is 18.8 Å². The van der Waals surface area contributed by atoms with Crippen molar-refractivity contribution in [2.45, 2.75) is 13.8 Å². The van der Waals surface area contributed by atoms with Crippen molar-refractivity contribution < 1.29 is 9.90 Å². The molecule has 0 aromatic carbocycles. The Kier molecular flexibility index (Phi) is 5.18. The van der Waals surface area contributed by atoms with Gasteiger partial charge >= 0.3 is 0 Å². The van der Waals surface area contributed by atoms with Crippen molar-refractivity contribution in [2.24, 2.45) is 0 Å². The molecule has 0 unspecified atom stereocenters. The summed E-state index contributed by atoms with van der Waals surface area (Å²) in [5, 5.41) is 8.74. The van der Waals surface area contributed by atoms with Gasteiger partial charge in [-0.05, 0) is 25.1 Å². The summed E-state index contributed by atoms with van der Waals surface area (Å²) in [5.41, 5.74) is 1.01. The summed E-state index contributed by atoms with van der Waals surface area (Å²) in [5.74, 6) is 5.63. The first kappa shape index (κ1) is 15.0. The molecule has 0 spiro atoms. The zero-order valence-electron chi connectivity index (χ0n) is 12.0. The van der Waals surface area contributed by atoms with Gasteiger partial charge < -0.3 is 14.9 Å². The van der Waals surface area contributed by atoms with Gasteiger partial charge in [0.15, 0.2) is 0 Å². The molecule has 108 valence electrons. The lowest BCUT2D eigenvalue weighted by atomic mass is 10.2. The van der Waals surface area contributed by atoms with E-state index in [2.05, 4.69) is 23.7 Å². The number of nitrogens with zero attached hydrogens (tertiary/aromatic N) is 2. The second-order valence-corrected chi connectivity index (χ2v) is 5.86. The summed E-state index contributed by atoms with van der Waals surface area (Å²) in [6, 6.07) is 1.90. The standard InChI is InChI=1S/C15H20N2O2S/c1-3-16-6-8-17(9-7-16)15(19)14-11-12(2)13(20-14)5-4-10-18/h11,18H,3,6-10H2,1-2H3. The molecule has 1 N–H and O–H groups in total. The minimum atomic E-state index is -0.153. The minimum Gasteiger partial charge on any atom is -0.384 e. The number of amides is 1. The first-order valence-electron chi connectivity index (χ1n) is 6.87. The Balaban J connectivity index is 2.06. The first-order valence-corrected chi connectivity index (χ1v) is 7.69. The van der Waals surface area contributed by atoms with E-state index in [1.54, 1.807) is 0 Å². The lowest BCUT2D eigenvalue weighted by molar-refractivity contribution is 0.0648. The lowest BCUT2D eigenvalue weighted by Gasteiger charge is -2.33. The molecule has 0 aliphatic carbocycles. The van der Waals surface area contributed by atoms with Crippen LogP contribution in [0.4, 0.5) is 0 Å². The van der Waals surface area contributed by atoms with Crippen LogP contribution in [0, 0.1) is 18.8 Å². The second kappa shape index (κ2) is 6.89. The number of aliphatic hydroxyl groups excluding tert-OH is 1. The van der Waals surface area contributed by atoms with Crippen molar-refractivity contribution in [2.75, 3.05) is 39.3 Å². The molecule has 0 atom stereocenters. The fourth-order valence-corrected chi connectivity index (χ4v) is 3.27. The van der Waals surface area contributed by atoms with E-state index in [9.17, 15) is 4.79 Å². The Labute approximate surface area is 124 Å². The summed E-state index contributed by atoms with van der Waals surface area (Å²) in [6.07, 6.45) is 0. The molecule has 1 saturated heterocycles. The second-order valence-electron chi connectivity index (χ2n) is 4.81. The molecule has 1 aliphatic rings. The third kappa shape index (κ3) is 3.40. The summed E-state index contributed by atoms with van der Waals surface area (Å²) in [6.45, 7) is 8.46. The predicted octanol–water partition coefficient (Wildman–Crippen LogP) is 1.18. The van der Waals surface area contributed by atoms with Gasteiger partial charge in [-0.2, -0.15) is 0 Å². The monoisotopic (exact) mass is 292 g/mol. The largest absolute Gasteiger partial charge is 0.384 e. The van der Waals surface area contributed by atoms with E-state index < -0.39 is 0 Å². The van der Waals surface area contributed by atoms with Gasteiger partial charge in [0.05, 0.1) is 9.75 Å². The Hall–Kier alpha value is -1.35. The number of aryl methyl sites for hydroxylation is 1. The summed E-state index contributed by atoms with van der Waals surface area (Å²) >= 11 is 1.42. The van der Waals surface area contributed by atoms with Crippen molar-refractivity contribution in [1.82, 2.24) is 9.80 Å². The highest BCUT2D eigenvalue weighted by Gasteiger charge is 2.23. The number of hydrogen-bond donors (Lipinski definition) is 1. The Bertz CT molecular complexity index is 534. The highest BCUT2D eigenvalue weighted by atomic mass is 32.1. The molecule has 0 radical (unpaired) electrons. The van der Waals surface area contributed by atoms with E-state index >= 15 is 0 Å². The maximum Gasteiger partial charge on any atom is 0.264 e. The summed E-state index contributed by atoms with van der Waals surface area (Å²) in [7, 11) is 0. The minimum absolute atomic E-state index is 0.103. The number of piperazine rings is 1. The fraction of sp³-hybridized carbons (Fsp3) is 0.533. The average molecular weight is 292 g/mol. The third-order valence-corrected chi connectivity index (χ3v) is 4.66. The number of carbonyl (C=O) groups is 1. The van der Waals surface area contributed by atoms with E-state index in [0.717, 1.165) is 48.0 Å². The van der Waals surface area contributed by atoms with Crippen molar-refractivity contribution in [3.05, 3.63) is 21.4 Å². The van der Waals surface area contributed by atoms with Crippen LogP contribution in [0.3, 0.4) is 0 Å². The smallest absolute Gasteiger partial charge is 0.264 e. The molecule has 2 heterocycles. The number of likely N-dealkylation sites (N-methyl/N-ethyl adjacent to an activating group) is 1. The number of thiophene rings is 1. The van der Waals surface area contributed by atoms with Gasteiger partial charge in [-0.15, -0.1) is 11.3 Å². The van der Waals surface area contributed by atoms with Gasteiger partial charge in [-0.3, -0.25) is 4.79 Å². The molecule has 1 aromatic rings. The van der Waals surface area contributed by atoms with Crippen LogP contribution in [0.1, 0.15) is 27.0 Å². The van der Waals surface area contributed by atoms with E-state index in [1.165, 1.54) is 11.3 Å². The number of rotatable bonds is 2. The predicted molar refractivity (Wildman–Crippen MR) is 81.0 cm³/mol. The van der Waals surface area contributed by atoms with Gasteiger partial charge in [0.1, 0.15) is 6.61 Å². The zero-order valence-corrected chi connectivity index (χ0v) is 12.8. The van der Waals surface area contributed by atoms with Crippen molar-refractivity contribution in [1.29, 1.82) is 0 Å². The number of hydrogen-bond acceptors (Lipinski definition) is 4. The Morgan fingerprint density at radius 3 is 2.70 bits per heavy atom. The molecule has 4 nitrogen and oxygen atoms in total. The average Bonchev–Trinajstić information content (AvgIpc) is 2.85. The summed E-state index contributed by atoms with van der Waals surface area (Å²) < 4.78 is 0. The molecular formula is C15H20N2O2S. The van der Waals surface area contributed by atoms with Gasteiger partial charge in [0.2, 0.25) is 0 Å². The highest BCUT2D eigenvalue weighted by Crippen LogP contribution is 2.23. The summed E-state index contributed by atoms with van der Waals surface area (Å²) in [4.78, 5) is 18.3. The third-order valence-electron chi connectivity index (χ3n) is 3.52. The van der Waals surface area contributed by atoms with E-state index in [0.29, 0.717) is 0 Å². The van der Waals surface area contributed by atoms with Gasteiger partial charge in [-0.25, -0.2) is 0 Å². The maximum absolute atomic E-state index is 12.5. The molecule has 1 aliphatic heterocycles. The van der Waals surface area contributed by atoms with Crippen molar-refractivity contribution in [3.8, 4) is 11.8 Å². The van der Waals surface area contributed by atoms with Crippen LogP contribution in [0.15, 0.2) is 6.07 Å². The lowest BCUT2D eigenvalue weighted by Crippen LogP contribution is -2.48. The molecule has 1 fully saturated rings. The maximum atomic E-state index is 12.5. The van der Waals surface area contributed by atoms with Crippen molar-refractivity contribution in [3.63, 3.8) is 0 Å².